The fourth-order valence-electron chi connectivity index (χ4n) is 2.55. The molecule has 0 bridgehead atoms. The van der Waals surface area contributed by atoms with Gasteiger partial charge >= 0.3 is 0 Å². The van der Waals surface area contributed by atoms with Crippen molar-refractivity contribution < 1.29 is 13.2 Å². The molecule has 2 heterocycles. The standard InChI is InChI=1S/C15H17N3O3S3/c1-22-15-12(24(20,21)10-6-3-2-4-7-10)13(17-18-15)16-14(19)11-8-5-9-23-11/h2-9,12-13,15,17-18H,1H3,(H,16,19). The second-order valence-corrected chi connectivity index (χ2v) is 9.23. The molecule has 0 spiro atoms. The third-order valence-electron chi connectivity index (χ3n) is 3.72. The van der Waals surface area contributed by atoms with Gasteiger partial charge in [-0.25, -0.2) is 19.3 Å². The summed E-state index contributed by atoms with van der Waals surface area (Å²) in [5.74, 6) is -0.292. The van der Waals surface area contributed by atoms with E-state index in [0.717, 1.165) is 0 Å². The molecule has 6 nitrogen and oxygen atoms in total. The molecule has 128 valence electrons. The van der Waals surface area contributed by atoms with E-state index in [0.29, 0.717) is 4.88 Å². The average molecular weight is 384 g/mol. The van der Waals surface area contributed by atoms with Gasteiger partial charge in [0.15, 0.2) is 9.84 Å². The third-order valence-corrected chi connectivity index (χ3v) is 7.87. The Hall–Kier alpha value is -1.39. The fourth-order valence-corrected chi connectivity index (χ4v) is 6.30. The molecule has 1 aromatic carbocycles. The van der Waals surface area contributed by atoms with Crippen LogP contribution in [0.15, 0.2) is 52.7 Å². The number of nitrogens with one attached hydrogen (secondary N) is 3. The molecular formula is C15H17N3O3S3. The molecule has 0 saturated carbocycles. The number of carbonyl (C=O) groups excluding carboxylic acids is 1. The van der Waals surface area contributed by atoms with Crippen LogP contribution in [0.2, 0.25) is 0 Å². The molecule has 3 atom stereocenters. The monoisotopic (exact) mass is 383 g/mol. The molecule has 9 heteroatoms. The SMILES string of the molecule is CSC1NNC(NC(=O)c2cccs2)C1S(=O)(=O)c1ccccc1. The lowest BCUT2D eigenvalue weighted by Gasteiger charge is -2.22. The number of hydrazine groups is 1. The third kappa shape index (κ3) is 3.35. The predicted octanol–water partition coefficient (Wildman–Crippen LogP) is 1.44. The summed E-state index contributed by atoms with van der Waals surface area (Å²) in [5, 5.41) is 3.39. The van der Waals surface area contributed by atoms with Crippen LogP contribution in [0.4, 0.5) is 0 Å². The molecule has 3 rings (SSSR count). The van der Waals surface area contributed by atoms with E-state index in [1.807, 2.05) is 6.26 Å². The van der Waals surface area contributed by atoms with Crippen molar-refractivity contribution in [3.05, 3.63) is 52.7 Å². The van der Waals surface area contributed by atoms with Crippen molar-refractivity contribution in [2.45, 2.75) is 21.7 Å². The van der Waals surface area contributed by atoms with Crippen molar-refractivity contribution >= 4 is 38.8 Å². The van der Waals surface area contributed by atoms with Gasteiger partial charge in [-0.05, 0) is 29.8 Å². The zero-order chi connectivity index (χ0) is 17.2. The van der Waals surface area contributed by atoms with E-state index >= 15 is 0 Å². The Morgan fingerprint density at radius 1 is 1.17 bits per heavy atom. The number of amides is 1. The van der Waals surface area contributed by atoms with Crippen LogP contribution in [0.5, 0.6) is 0 Å². The van der Waals surface area contributed by atoms with Crippen LogP contribution < -0.4 is 16.2 Å². The highest BCUT2D eigenvalue weighted by molar-refractivity contribution is 8.01. The predicted molar refractivity (Wildman–Crippen MR) is 96.6 cm³/mol. The summed E-state index contributed by atoms with van der Waals surface area (Å²) in [6.07, 6.45) is 1.11. The van der Waals surface area contributed by atoms with E-state index < -0.39 is 21.3 Å². The van der Waals surface area contributed by atoms with E-state index in [2.05, 4.69) is 16.2 Å². The smallest absolute Gasteiger partial charge is 0.262 e. The fraction of sp³-hybridized carbons (Fsp3) is 0.267. The van der Waals surface area contributed by atoms with Crippen LogP contribution >= 0.6 is 23.1 Å². The Morgan fingerprint density at radius 2 is 1.92 bits per heavy atom. The van der Waals surface area contributed by atoms with Crippen LogP contribution in [-0.2, 0) is 9.84 Å². The van der Waals surface area contributed by atoms with E-state index in [1.54, 1.807) is 47.8 Å². The molecule has 3 N–H and O–H groups in total. The highest BCUT2D eigenvalue weighted by Gasteiger charge is 2.46. The number of thioether (sulfide) groups is 1. The summed E-state index contributed by atoms with van der Waals surface area (Å²) >= 11 is 2.70. The van der Waals surface area contributed by atoms with Crippen molar-refractivity contribution in [1.29, 1.82) is 0 Å². The number of sulfone groups is 1. The highest BCUT2D eigenvalue weighted by Crippen LogP contribution is 2.27. The lowest BCUT2D eigenvalue weighted by molar-refractivity contribution is 0.0937. The number of hydrogen-bond acceptors (Lipinski definition) is 7. The summed E-state index contributed by atoms with van der Waals surface area (Å²) in [6.45, 7) is 0. The normalized spacial score (nSPS) is 24.0. The van der Waals surface area contributed by atoms with Gasteiger partial charge < -0.3 is 5.32 Å². The molecule has 2 aromatic rings. The number of thiophene rings is 1. The van der Waals surface area contributed by atoms with Crippen LogP contribution in [-0.4, -0.2) is 37.4 Å². The second-order valence-electron chi connectivity index (χ2n) is 5.20. The first-order chi connectivity index (χ1) is 11.5. The maximum Gasteiger partial charge on any atom is 0.262 e. The van der Waals surface area contributed by atoms with Crippen molar-refractivity contribution in [3.63, 3.8) is 0 Å². The molecule has 24 heavy (non-hydrogen) atoms. The maximum atomic E-state index is 13.0. The first-order valence-corrected chi connectivity index (χ1v) is 10.9. The van der Waals surface area contributed by atoms with Gasteiger partial charge in [-0.1, -0.05) is 24.3 Å². The van der Waals surface area contributed by atoms with Crippen molar-refractivity contribution in [2.24, 2.45) is 0 Å². The summed E-state index contributed by atoms with van der Waals surface area (Å²) in [4.78, 5) is 13.1. The van der Waals surface area contributed by atoms with Gasteiger partial charge in [0.1, 0.15) is 11.4 Å². The van der Waals surface area contributed by atoms with Gasteiger partial charge in [0, 0.05) is 0 Å². The molecule has 0 aliphatic carbocycles. The molecule has 0 radical (unpaired) electrons. The van der Waals surface area contributed by atoms with Crippen molar-refractivity contribution in [1.82, 2.24) is 16.2 Å². The van der Waals surface area contributed by atoms with Crippen LogP contribution in [0.3, 0.4) is 0 Å². The minimum Gasteiger partial charge on any atom is -0.333 e. The molecule has 3 unspecified atom stereocenters. The average Bonchev–Trinajstić information content (AvgIpc) is 3.25. The van der Waals surface area contributed by atoms with E-state index in [9.17, 15) is 13.2 Å². The lowest BCUT2D eigenvalue weighted by Crippen LogP contribution is -2.51. The zero-order valence-corrected chi connectivity index (χ0v) is 15.2. The van der Waals surface area contributed by atoms with E-state index in [1.165, 1.54) is 23.1 Å². The van der Waals surface area contributed by atoms with E-state index in [-0.39, 0.29) is 16.2 Å². The Kier molecular flexibility index (Phi) is 5.26. The molecule has 1 aromatic heterocycles. The number of carbonyl (C=O) groups is 1. The Morgan fingerprint density at radius 3 is 2.54 bits per heavy atom. The molecule has 1 amide bonds. The van der Waals surface area contributed by atoms with Gasteiger partial charge in [-0.3, -0.25) is 4.79 Å². The molecular weight excluding hydrogens is 366 g/mol. The van der Waals surface area contributed by atoms with Crippen molar-refractivity contribution in [2.75, 3.05) is 6.26 Å². The Balaban J connectivity index is 1.88. The van der Waals surface area contributed by atoms with E-state index in [4.69, 9.17) is 0 Å². The Bertz CT molecular complexity index is 794. The second kappa shape index (κ2) is 7.24. The van der Waals surface area contributed by atoms with Gasteiger partial charge in [0.05, 0.1) is 15.1 Å². The summed E-state index contributed by atoms with van der Waals surface area (Å²) in [7, 11) is -3.62. The van der Waals surface area contributed by atoms with Gasteiger partial charge in [0.25, 0.3) is 5.91 Å². The largest absolute Gasteiger partial charge is 0.333 e. The van der Waals surface area contributed by atoms with Crippen LogP contribution in [0.25, 0.3) is 0 Å². The highest BCUT2D eigenvalue weighted by atomic mass is 32.2. The topological polar surface area (TPSA) is 87.3 Å². The van der Waals surface area contributed by atoms with Gasteiger partial charge in [-0.2, -0.15) is 0 Å². The first-order valence-electron chi connectivity index (χ1n) is 7.21. The van der Waals surface area contributed by atoms with Crippen molar-refractivity contribution in [3.8, 4) is 0 Å². The van der Waals surface area contributed by atoms with Gasteiger partial charge in [0.2, 0.25) is 0 Å². The molecule has 1 fully saturated rings. The summed E-state index contributed by atoms with van der Waals surface area (Å²) in [6, 6.07) is 11.8. The van der Waals surface area contributed by atoms with Crippen LogP contribution in [0.1, 0.15) is 9.67 Å². The lowest BCUT2D eigenvalue weighted by atomic mass is 10.3. The molecule has 1 aliphatic heterocycles. The quantitative estimate of drug-likeness (QED) is 0.724. The van der Waals surface area contributed by atoms with Gasteiger partial charge in [-0.15, -0.1) is 23.1 Å². The zero-order valence-electron chi connectivity index (χ0n) is 12.8. The molecule has 1 aliphatic rings. The minimum absolute atomic E-state index is 0.245. The number of benzene rings is 1. The maximum absolute atomic E-state index is 13.0. The minimum atomic E-state index is -3.62. The first kappa shape index (κ1) is 17.4. The molecule has 1 saturated heterocycles. The summed E-state index contributed by atoms with van der Waals surface area (Å²) < 4.78 is 26.1. The number of hydrogen-bond donors (Lipinski definition) is 3. The van der Waals surface area contributed by atoms with Crippen LogP contribution in [0, 0.1) is 0 Å². The Labute approximate surface area is 148 Å². The number of rotatable bonds is 5. The summed E-state index contributed by atoms with van der Waals surface area (Å²) in [5.41, 5.74) is 5.85.